The molecule has 1 atom stereocenters. The monoisotopic (exact) mass is 370 g/mol. The van der Waals surface area contributed by atoms with Crippen LogP contribution in [0.1, 0.15) is 17.3 Å². The van der Waals surface area contributed by atoms with Gasteiger partial charge in [-0.2, -0.15) is 4.31 Å². The molecule has 0 saturated carbocycles. The molecule has 0 aliphatic carbocycles. The molecule has 2 rings (SSSR count). The average molecular weight is 370 g/mol. The zero-order valence-electron chi connectivity index (χ0n) is 14.2. The number of morpholine rings is 1. The van der Waals surface area contributed by atoms with E-state index < -0.39 is 27.8 Å². The van der Waals surface area contributed by atoms with Gasteiger partial charge in [0.2, 0.25) is 10.0 Å². The van der Waals surface area contributed by atoms with E-state index in [4.69, 9.17) is 9.84 Å². The SMILES string of the molecule is CC(CN(C)C(=O)c1cccc(S(=O)(=O)N2CCOCC2)c1)C(=O)O. The summed E-state index contributed by atoms with van der Waals surface area (Å²) >= 11 is 0. The van der Waals surface area contributed by atoms with Gasteiger partial charge in [-0.05, 0) is 18.2 Å². The normalized spacial score (nSPS) is 17.0. The minimum atomic E-state index is -3.69. The molecular weight excluding hydrogens is 348 g/mol. The lowest BCUT2D eigenvalue weighted by Crippen LogP contribution is -2.40. The lowest BCUT2D eigenvalue weighted by atomic mass is 10.1. The summed E-state index contributed by atoms with van der Waals surface area (Å²) in [6, 6.07) is 5.80. The van der Waals surface area contributed by atoms with Crippen LogP contribution in [-0.4, -0.2) is 74.5 Å². The predicted molar refractivity (Wildman–Crippen MR) is 89.8 cm³/mol. The Kier molecular flexibility index (Phi) is 6.15. The van der Waals surface area contributed by atoms with Crippen LogP contribution in [0.2, 0.25) is 0 Å². The van der Waals surface area contributed by atoms with E-state index >= 15 is 0 Å². The van der Waals surface area contributed by atoms with Gasteiger partial charge >= 0.3 is 5.97 Å². The fourth-order valence-corrected chi connectivity index (χ4v) is 3.97. The minimum Gasteiger partial charge on any atom is -0.481 e. The number of carboxylic acid groups (broad SMARTS) is 1. The van der Waals surface area contributed by atoms with E-state index in [1.165, 1.54) is 47.4 Å². The van der Waals surface area contributed by atoms with Crippen molar-refractivity contribution >= 4 is 21.9 Å². The van der Waals surface area contributed by atoms with Gasteiger partial charge in [-0.3, -0.25) is 9.59 Å². The van der Waals surface area contributed by atoms with Crippen LogP contribution in [0.25, 0.3) is 0 Å². The van der Waals surface area contributed by atoms with E-state index in [0.717, 1.165) is 0 Å². The van der Waals surface area contributed by atoms with Gasteiger partial charge in [0.1, 0.15) is 0 Å². The minimum absolute atomic E-state index is 0.0363. The van der Waals surface area contributed by atoms with Gasteiger partial charge in [-0.1, -0.05) is 13.0 Å². The highest BCUT2D eigenvalue weighted by Gasteiger charge is 2.27. The van der Waals surface area contributed by atoms with E-state index in [-0.39, 0.29) is 30.1 Å². The Labute approximate surface area is 147 Å². The summed E-state index contributed by atoms with van der Waals surface area (Å²) in [5.74, 6) is -2.13. The molecule has 8 nitrogen and oxygen atoms in total. The van der Waals surface area contributed by atoms with E-state index in [1.54, 1.807) is 0 Å². The third-order valence-corrected chi connectivity index (χ3v) is 5.90. The van der Waals surface area contributed by atoms with Crippen molar-refractivity contribution in [1.82, 2.24) is 9.21 Å². The number of hydrogen-bond acceptors (Lipinski definition) is 5. The number of aliphatic carboxylic acids is 1. The smallest absolute Gasteiger partial charge is 0.308 e. The second kappa shape index (κ2) is 7.94. The molecule has 0 spiro atoms. The zero-order chi connectivity index (χ0) is 18.6. The Morgan fingerprint density at radius 2 is 1.96 bits per heavy atom. The maximum absolute atomic E-state index is 12.7. The number of sulfonamides is 1. The Bertz CT molecular complexity index is 743. The average Bonchev–Trinajstić information content (AvgIpc) is 2.61. The maximum atomic E-state index is 12.7. The van der Waals surface area contributed by atoms with E-state index in [1.807, 2.05) is 0 Å². The second-order valence-corrected chi connectivity index (χ2v) is 7.91. The van der Waals surface area contributed by atoms with Gasteiger partial charge in [-0.15, -0.1) is 0 Å². The van der Waals surface area contributed by atoms with Crippen LogP contribution >= 0.6 is 0 Å². The van der Waals surface area contributed by atoms with Gasteiger partial charge in [-0.25, -0.2) is 8.42 Å². The first-order valence-corrected chi connectivity index (χ1v) is 9.33. The highest BCUT2D eigenvalue weighted by molar-refractivity contribution is 7.89. The molecule has 1 aromatic rings. The largest absolute Gasteiger partial charge is 0.481 e. The summed E-state index contributed by atoms with van der Waals surface area (Å²) in [7, 11) is -2.20. The Morgan fingerprint density at radius 1 is 1.32 bits per heavy atom. The molecule has 1 fully saturated rings. The van der Waals surface area contributed by atoms with Crippen molar-refractivity contribution < 1.29 is 27.9 Å². The molecule has 1 amide bonds. The molecular formula is C16H22N2O6S. The number of carboxylic acids is 1. The molecule has 9 heteroatoms. The van der Waals surface area contributed by atoms with Crippen molar-refractivity contribution in [3.63, 3.8) is 0 Å². The second-order valence-electron chi connectivity index (χ2n) is 5.97. The number of ether oxygens (including phenoxy) is 1. The summed E-state index contributed by atoms with van der Waals surface area (Å²) in [5, 5.41) is 8.95. The lowest BCUT2D eigenvalue weighted by Gasteiger charge is -2.26. The molecule has 1 unspecified atom stereocenters. The van der Waals surface area contributed by atoms with E-state index in [9.17, 15) is 18.0 Å². The molecule has 1 heterocycles. The Balaban J connectivity index is 2.20. The quantitative estimate of drug-likeness (QED) is 0.782. The van der Waals surface area contributed by atoms with Crippen molar-refractivity contribution in [1.29, 1.82) is 0 Å². The zero-order valence-corrected chi connectivity index (χ0v) is 15.0. The molecule has 138 valence electrons. The highest BCUT2D eigenvalue weighted by Crippen LogP contribution is 2.19. The third kappa shape index (κ3) is 4.56. The van der Waals surface area contributed by atoms with E-state index in [0.29, 0.717) is 13.2 Å². The summed E-state index contributed by atoms with van der Waals surface area (Å²) in [4.78, 5) is 24.7. The first-order chi connectivity index (χ1) is 11.7. The van der Waals surface area contributed by atoms with Crippen molar-refractivity contribution in [2.24, 2.45) is 5.92 Å². The first kappa shape index (κ1) is 19.4. The number of benzene rings is 1. The van der Waals surface area contributed by atoms with Crippen LogP contribution in [0.4, 0.5) is 0 Å². The number of nitrogens with zero attached hydrogens (tertiary/aromatic N) is 2. The number of carbonyl (C=O) groups excluding carboxylic acids is 1. The summed E-state index contributed by atoms with van der Waals surface area (Å²) in [6.07, 6.45) is 0. The highest BCUT2D eigenvalue weighted by atomic mass is 32.2. The maximum Gasteiger partial charge on any atom is 0.308 e. The Morgan fingerprint density at radius 3 is 2.56 bits per heavy atom. The fourth-order valence-electron chi connectivity index (χ4n) is 2.52. The molecule has 1 aliphatic heterocycles. The molecule has 0 bridgehead atoms. The number of hydrogen-bond donors (Lipinski definition) is 1. The molecule has 0 radical (unpaired) electrons. The predicted octanol–water partition coefficient (Wildman–Crippen LogP) is 0.500. The van der Waals surface area contributed by atoms with Gasteiger partial charge in [0.05, 0.1) is 24.0 Å². The lowest BCUT2D eigenvalue weighted by molar-refractivity contribution is -0.141. The number of amides is 1. The molecule has 1 saturated heterocycles. The first-order valence-electron chi connectivity index (χ1n) is 7.89. The topological polar surface area (TPSA) is 104 Å². The number of carbonyl (C=O) groups is 2. The number of rotatable bonds is 6. The van der Waals surface area contributed by atoms with Gasteiger partial charge in [0.15, 0.2) is 0 Å². The Hall–Kier alpha value is -1.97. The van der Waals surface area contributed by atoms with Crippen LogP contribution in [-0.2, 0) is 19.6 Å². The van der Waals surface area contributed by atoms with Gasteiger partial charge in [0, 0.05) is 32.2 Å². The van der Waals surface area contributed by atoms with Crippen molar-refractivity contribution in [2.45, 2.75) is 11.8 Å². The summed E-state index contributed by atoms with van der Waals surface area (Å²) in [6.45, 7) is 2.77. The molecule has 1 aliphatic rings. The molecule has 1 aromatic carbocycles. The van der Waals surface area contributed by atoms with Crippen LogP contribution in [0, 0.1) is 5.92 Å². The molecule has 0 aromatic heterocycles. The van der Waals surface area contributed by atoms with Crippen molar-refractivity contribution in [3.8, 4) is 0 Å². The van der Waals surface area contributed by atoms with Crippen molar-refractivity contribution in [3.05, 3.63) is 29.8 Å². The van der Waals surface area contributed by atoms with Crippen LogP contribution in [0.3, 0.4) is 0 Å². The van der Waals surface area contributed by atoms with Crippen molar-refractivity contribution in [2.75, 3.05) is 39.9 Å². The van der Waals surface area contributed by atoms with Gasteiger partial charge in [0.25, 0.3) is 5.91 Å². The molecule has 1 N–H and O–H groups in total. The summed E-state index contributed by atoms with van der Waals surface area (Å²) in [5.41, 5.74) is 0.203. The fraction of sp³-hybridized carbons (Fsp3) is 0.500. The van der Waals surface area contributed by atoms with E-state index in [2.05, 4.69) is 0 Å². The molecule has 25 heavy (non-hydrogen) atoms. The summed E-state index contributed by atoms with van der Waals surface area (Å²) < 4.78 is 31.8. The standard InChI is InChI=1S/C16H22N2O6S/c1-12(16(20)21)11-17(2)15(19)13-4-3-5-14(10-13)25(22,23)18-6-8-24-9-7-18/h3-5,10,12H,6-9,11H2,1-2H3,(H,20,21). The van der Waals surface area contributed by atoms with Crippen LogP contribution in [0.15, 0.2) is 29.2 Å². The third-order valence-electron chi connectivity index (χ3n) is 4.00. The van der Waals surface area contributed by atoms with Crippen LogP contribution in [0.5, 0.6) is 0 Å². The van der Waals surface area contributed by atoms with Gasteiger partial charge < -0.3 is 14.7 Å². The van der Waals surface area contributed by atoms with Crippen LogP contribution < -0.4 is 0 Å².